The third kappa shape index (κ3) is 1.86. The van der Waals surface area contributed by atoms with E-state index in [-0.39, 0.29) is 6.54 Å². The molecular formula is C11H16N2O2S. The fourth-order valence-corrected chi connectivity index (χ4v) is 3.25. The van der Waals surface area contributed by atoms with Crippen LogP contribution in [-0.2, 0) is 23.1 Å². The van der Waals surface area contributed by atoms with Gasteiger partial charge in [-0.15, -0.1) is 0 Å². The normalized spacial score (nSPS) is 18.4. The molecule has 0 fully saturated rings. The van der Waals surface area contributed by atoms with Gasteiger partial charge in [0.25, 0.3) is 0 Å². The summed E-state index contributed by atoms with van der Waals surface area (Å²) in [5.74, 6) is 0. The molecule has 5 heteroatoms. The monoisotopic (exact) mass is 240 g/mol. The molecule has 0 saturated carbocycles. The molecule has 0 saturated heterocycles. The molecule has 0 aliphatic carbocycles. The SMILES string of the molecule is CC(CN)S(=O)(=O)N1Cc2ccccc2C1. The highest BCUT2D eigenvalue weighted by molar-refractivity contribution is 7.89. The van der Waals surface area contributed by atoms with Crippen LogP contribution in [0.3, 0.4) is 0 Å². The van der Waals surface area contributed by atoms with Gasteiger partial charge in [0.05, 0.1) is 5.25 Å². The van der Waals surface area contributed by atoms with Gasteiger partial charge in [-0.05, 0) is 18.1 Å². The van der Waals surface area contributed by atoms with Crippen molar-refractivity contribution in [2.45, 2.75) is 25.3 Å². The van der Waals surface area contributed by atoms with Crippen LogP contribution in [0, 0.1) is 0 Å². The molecule has 1 aliphatic rings. The summed E-state index contributed by atoms with van der Waals surface area (Å²) in [5, 5.41) is -0.512. The van der Waals surface area contributed by atoms with Crippen LogP contribution < -0.4 is 5.73 Å². The van der Waals surface area contributed by atoms with Crippen molar-refractivity contribution >= 4 is 10.0 Å². The average Bonchev–Trinajstić information content (AvgIpc) is 2.72. The molecule has 1 aromatic rings. The zero-order valence-corrected chi connectivity index (χ0v) is 10.1. The van der Waals surface area contributed by atoms with E-state index in [1.165, 1.54) is 4.31 Å². The van der Waals surface area contributed by atoms with Crippen LogP contribution in [0.1, 0.15) is 18.1 Å². The quantitative estimate of drug-likeness (QED) is 0.845. The van der Waals surface area contributed by atoms with E-state index >= 15 is 0 Å². The first-order valence-electron chi connectivity index (χ1n) is 5.31. The summed E-state index contributed by atoms with van der Waals surface area (Å²) in [6.07, 6.45) is 0. The van der Waals surface area contributed by atoms with Crippen molar-refractivity contribution < 1.29 is 8.42 Å². The number of benzene rings is 1. The summed E-state index contributed by atoms with van der Waals surface area (Å²) in [4.78, 5) is 0. The summed E-state index contributed by atoms with van der Waals surface area (Å²) in [7, 11) is -3.25. The van der Waals surface area contributed by atoms with E-state index in [0.717, 1.165) is 11.1 Å². The second-order valence-corrected chi connectivity index (χ2v) is 6.48. The number of hydrogen-bond acceptors (Lipinski definition) is 3. The van der Waals surface area contributed by atoms with Gasteiger partial charge in [0.2, 0.25) is 10.0 Å². The number of rotatable bonds is 3. The van der Waals surface area contributed by atoms with E-state index < -0.39 is 15.3 Å². The van der Waals surface area contributed by atoms with Crippen LogP contribution in [0.15, 0.2) is 24.3 Å². The van der Waals surface area contributed by atoms with Crippen LogP contribution in [0.2, 0.25) is 0 Å². The molecule has 1 aliphatic heterocycles. The van der Waals surface area contributed by atoms with Gasteiger partial charge < -0.3 is 5.73 Å². The van der Waals surface area contributed by atoms with Gasteiger partial charge in [0.15, 0.2) is 0 Å². The van der Waals surface area contributed by atoms with Crippen LogP contribution in [-0.4, -0.2) is 24.5 Å². The minimum atomic E-state index is -3.25. The Morgan fingerprint density at radius 2 is 1.81 bits per heavy atom. The number of nitrogens with zero attached hydrogens (tertiary/aromatic N) is 1. The molecular weight excluding hydrogens is 224 g/mol. The maximum absolute atomic E-state index is 12.1. The summed E-state index contributed by atoms with van der Waals surface area (Å²) >= 11 is 0. The second kappa shape index (κ2) is 4.16. The Kier molecular flexibility index (Phi) is 3.01. The highest BCUT2D eigenvalue weighted by atomic mass is 32.2. The zero-order valence-electron chi connectivity index (χ0n) is 9.26. The molecule has 0 spiro atoms. The lowest BCUT2D eigenvalue weighted by atomic mass is 10.1. The Labute approximate surface area is 96.1 Å². The third-order valence-corrected chi connectivity index (χ3v) is 5.20. The molecule has 0 amide bonds. The van der Waals surface area contributed by atoms with Gasteiger partial charge in [-0.25, -0.2) is 8.42 Å². The maximum atomic E-state index is 12.1. The van der Waals surface area contributed by atoms with Crippen LogP contribution in [0.4, 0.5) is 0 Å². The molecule has 4 nitrogen and oxygen atoms in total. The van der Waals surface area contributed by atoms with Gasteiger partial charge >= 0.3 is 0 Å². The first-order valence-corrected chi connectivity index (χ1v) is 6.82. The lowest BCUT2D eigenvalue weighted by molar-refractivity contribution is 0.424. The predicted molar refractivity (Wildman–Crippen MR) is 63.1 cm³/mol. The van der Waals surface area contributed by atoms with Crippen molar-refractivity contribution in [3.8, 4) is 0 Å². The van der Waals surface area contributed by atoms with E-state index in [2.05, 4.69) is 0 Å². The van der Waals surface area contributed by atoms with Crippen molar-refractivity contribution in [1.82, 2.24) is 4.31 Å². The summed E-state index contributed by atoms with van der Waals surface area (Å²) in [6, 6.07) is 7.80. The first-order chi connectivity index (χ1) is 7.55. The third-order valence-electron chi connectivity index (χ3n) is 3.01. The molecule has 1 unspecified atom stereocenters. The number of sulfonamides is 1. The molecule has 0 bridgehead atoms. The molecule has 0 aromatic heterocycles. The molecule has 1 heterocycles. The molecule has 2 N–H and O–H groups in total. The van der Waals surface area contributed by atoms with Gasteiger partial charge in [-0.1, -0.05) is 24.3 Å². The van der Waals surface area contributed by atoms with Crippen molar-refractivity contribution in [3.63, 3.8) is 0 Å². The molecule has 1 aromatic carbocycles. The van der Waals surface area contributed by atoms with E-state index in [1.54, 1.807) is 6.92 Å². The summed E-state index contributed by atoms with van der Waals surface area (Å²) < 4.78 is 25.7. The highest BCUT2D eigenvalue weighted by Gasteiger charge is 2.32. The zero-order chi connectivity index (χ0) is 11.8. The smallest absolute Gasteiger partial charge is 0.218 e. The minimum absolute atomic E-state index is 0.162. The van der Waals surface area contributed by atoms with E-state index in [1.807, 2.05) is 24.3 Å². The van der Waals surface area contributed by atoms with Crippen molar-refractivity contribution in [2.24, 2.45) is 5.73 Å². The summed E-state index contributed by atoms with van der Waals surface area (Å²) in [6.45, 7) is 2.76. The second-order valence-electron chi connectivity index (χ2n) is 4.13. The first kappa shape index (κ1) is 11.6. The Morgan fingerprint density at radius 1 is 1.31 bits per heavy atom. The standard InChI is InChI=1S/C11H16N2O2S/c1-9(6-12)16(14,15)13-7-10-4-2-3-5-11(10)8-13/h2-5,9H,6-8,12H2,1H3. The largest absolute Gasteiger partial charge is 0.329 e. The van der Waals surface area contributed by atoms with Crippen molar-refractivity contribution in [3.05, 3.63) is 35.4 Å². The van der Waals surface area contributed by atoms with Gasteiger partial charge in [0, 0.05) is 19.6 Å². The topological polar surface area (TPSA) is 63.4 Å². The average molecular weight is 240 g/mol. The van der Waals surface area contributed by atoms with E-state index in [9.17, 15) is 8.42 Å². The van der Waals surface area contributed by atoms with E-state index in [4.69, 9.17) is 5.73 Å². The predicted octanol–water partition coefficient (Wildman–Crippen LogP) is 0.679. The summed E-state index contributed by atoms with van der Waals surface area (Å²) in [5.41, 5.74) is 7.61. The van der Waals surface area contributed by atoms with Gasteiger partial charge in [-0.2, -0.15) is 4.31 Å². The van der Waals surface area contributed by atoms with Crippen LogP contribution >= 0.6 is 0 Å². The van der Waals surface area contributed by atoms with E-state index in [0.29, 0.717) is 13.1 Å². The number of nitrogens with two attached hydrogens (primary N) is 1. The molecule has 0 radical (unpaired) electrons. The Balaban J connectivity index is 2.24. The molecule has 1 atom stereocenters. The van der Waals surface area contributed by atoms with Crippen molar-refractivity contribution in [2.75, 3.05) is 6.54 Å². The van der Waals surface area contributed by atoms with Gasteiger partial charge in [0.1, 0.15) is 0 Å². The molecule has 2 rings (SSSR count). The Hall–Kier alpha value is -0.910. The molecule has 16 heavy (non-hydrogen) atoms. The fraction of sp³-hybridized carbons (Fsp3) is 0.455. The van der Waals surface area contributed by atoms with Crippen molar-refractivity contribution in [1.29, 1.82) is 0 Å². The molecule has 88 valence electrons. The fourth-order valence-electron chi connectivity index (χ4n) is 1.86. The Bertz CT molecular complexity index is 460. The number of fused-ring (bicyclic) bond motifs is 1. The lowest BCUT2D eigenvalue weighted by Crippen LogP contribution is -2.37. The Morgan fingerprint density at radius 3 is 2.25 bits per heavy atom. The van der Waals surface area contributed by atoms with Crippen LogP contribution in [0.5, 0.6) is 0 Å². The highest BCUT2D eigenvalue weighted by Crippen LogP contribution is 2.26. The number of hydrogen-bond donors (Lipinski definition) is 1. The lowest BCUT2D eigenvalue weighted by Gasteiger charge is -2.19. The van der Waals surface area contributed by atoms with Gasteiger partial charge in [-0.3, -0.25) is 0 Å². The maximum Gasteiger partial charge on any atom is 0.218 e. The van der Waals surface area contributed by atoms with Crippen LogP contribution in [0.25, 0.3) is 0 Å². The minimum Gasteiger partial charge on any atom is -0.329 e.